The minimum Gasteiger partial charge on any atom is -0.495 e. The summed E-state index contributed by atoms with van der Waals surface area (Å²) in [6, 6.07) is 4.21. The predicted molar refractivity (Wildman–Crippen MR) is 91.9 cm³/mol. The number of nitrogen functional groups attached to an aromatic ring is 1. The molecule has 1 saturated heterocycles. The van der Waals surface area contributed by atoms with E-state index in [-0.39, 0.29) is 0 Å². The molecule has 0 aromatic heterocycles. The number of anilines is 2. The summed E-state index contributed by atoms with van der Waals surface area (Å²) in [5, 5.41) is 0. The fourth-order valence-electron chi connectivity index (χ4n) is 3.45. The van der Waals surface area contributed by atoms with Gasteiger partial charge in [-0.05, 0) is 31.5 Å². The van der Waals surface area contributed by atoms with Crippen molar-refractivity contribution >= 4 is 11.4 Å². The largest absolute Gasteiger partial charge is 0.495 e. The van der Waals surface area contributed by atoms with Crippen LogP contribution < -0.4 is 15.4 Å². The first-order valence-electron chi connectivity index (χ1n) is 8.29. The molecule has 0 saturated carbocycles. The average molecular weight is 304 g/mol. The molecule has 0 amide bonds. The zero-order valence-corrected chi connectivity index (χ0v) is 13.8. The quantitative estimate of drug-likeness (QED) is 0.849. The third kappa shape index (κ3) is 3.31. The van der Waals surface area contributed by atoms with E-state index < -0.39 is 0 Å². The third-order valence-electron chi connectivity index (χ3n) is 4.93. The molecule has 1 fully saturated rings. The number of rotatable bonds is 4. The summed E-state index contributed by atoms with van der Waals surface area (Å²) in [4.78, 5) is 7.47. The van der Waals surface area contributed by atoms with Gasteiger partial charge >= 0.3 is 0 Å². The van der Waals surface area contributed by atoms with Gasteiger partial charge in [0.15, 0.2) is 0 Å². The lowest BCUT2D eigenvalue weighted by molar-refractivity contribution is 0.156. The second-order valence-electron chi connectivity index (χ2n) is 6.46. The Morgan fingerprint density at radius 1 is 1.09 bits per heavy atom. The van der Waals surface area contributed by atoms with Crippen molar-refractivity contribution in [3.63, 3.8) is 0 Å². The first-order valence-corrected chi connectivity index (χ1v) is 8.29. The Kier molecular flexibility index (Phi) is 4.74. The van der Waals surface area contributed by atoms with E-state index in [4.69, 9.17) is 10.5 Å². The van der Waals surface area contributed by atoms with Crippen LogP contribution in [0.1, 0.15) is 12.0 Å². The molecular weight excluding hydrogens is 276 g/mol. The van der Waals surface area contributed by atoms with Gasteiger partial charge in [-0.15, -0.1) is 0 Å². The van der Waals surface area contributed by atoms with Gasteiger partial charge in [0.1, 0.15) is 5.75 Å². The number of methoxy groups -OCH3 is 1. The van der Waals surface area contributed by atoms with Crippen molar-refractivity contribution in [3.05, 3.63) is 17.7 Å². The molecule has 0 unspecified atom stereocenters. The number of aryl methyl sites for hydroxylation is 1. The average Bonchev–Trinajstić information content (AvgIpc) is 2.53. The molecule has 0 spiro atoms. The lowest BCUT2D eigenvalue weighted by Crippen LogP contribution is -2.47. The van der Waals surface area contributed by atoms with Crippen LogP contribution in [0.3, 0.4) is 0 Å². The van der Waals surface area contributed by atoms with Crippen LogP contribution in [-0.4, -0.2) is 69.8 Å². The second kappa shape index (κ2) is 6.75. The number of nitrogens with two attached hydrogens (primary N) is 1. The molecule has 0 aliphatic carbocycles. The van der Waals surface area contributed by atoms with Crippen LogP contribution in [0, 0.1) is 0 Å². The van der Waals surface area contributed by atoms with Crippen molar-refractivity contribution in [2.45, 2.75) is 12.8 Å². The molecule has 22 heavy (non-hydrogen) atoms. The maximum absolute atomic E-state index is 6.05. The fourth-order valence-corrected chi connectivity index (χ4v) is 3.45. The predicted octanol–water partition coefficient (Wildman–Crippen LogP) is 1.28. The van der Waals surface area contributed by atoms with E-state index in [1.165, 1.54) is 43.9 Å². The Morgan fingerprint density at radius 2 is 1.86 bits per heavy atom. The van der Waals surface area contributed by atoms with E-state index in [1.54, 1.807) is 7.11 Å². The summed E-state index contributed by atoms with van der Waals surface area (Å²) in [6.07, 6.45) is 2.33. The highest BCUT2D eigenvalue weighted by Crippen LogP contribution is 2.35. The van der Waals surface area contributed by atoms with Gasteiger partial charge in [-0.25, -0.2) is 0 Å². The Hall–Kier alpha value is -1.46. The number of ether oxygens (including phenoxy) is 1. The number of hydrogen-bond donors (Lipinski definition) is 1. The van der Waals surface area contributed by atoms with E-state index in [1.807, 2.05) is 0 Å². The standard InChI is InChI=1S/C17H28N4O/c1-19-6-8-20(9-7-19)10-11-21-5-3-4-14-12-15(18)17(22-2)13-16(14)21/h12-13H,3-11,18H2,1-2H3. The molecule has 1 aromatic carbocycles. The van der Waals surface area contributed by atoms with Crippen molar-refractivity contribution < 1.29 is 4.74 Å². The Morgan fingerprint density at radius 3 is 2.59 bits per heavy atom. The Labute approximate surface area is 133 Å². The molecule has 2 N–H and O–H groups in total. The molecule has 1 aromatic rings. The molecule has 5 heteroatoms. The molecule has 0 atom stereocenters. The molecule has 122 valence electrons. The molecular formula is C17H28N4O. The van der Waals surface area contributed by atoms with Gasteiger partial charge < -0.3 is 20.3 Å². The van der Waals surface area contributed by atoms with E-state index in [0.29, 0.717) is 0 Å². The van der Waals surface area contributed by atoms with Gasteiger partial charge in [0.2, 0.25) is 0 Å². The van der Waals surface area contributed by atoms with Gasteiger partial charge in [0.25, 0.3) is 0 Å². The highest BCUT2D eigenvalue weighted by Gasteiger charge is 2.20. The first-order chi connectivity index (χ1) is 10.7. The summed E-state index contributed by atoms with van der Waals surface area (Å²) in [7, 11) is 3.89. The first kappa shape index (κ1) is 15.4. The van der Waals surface area contributed by atoms with Gasteiger partial charge in [-0.3, -0.25) is 4.90 Å². The lowest BCUT2D eigenvalue weighted by atomic mass is 10.0. The maximum Gasteiger partial charge on any atom is 0.143 e. The van der Waals surface area contributed by atoms with Crippen molar-refractivity contribution in [1.29, 1.82) is 0 Å². The van der Waals surface area contributed by atoms with E-state index in [0.717, 1.165) is 37.5 Å². The fraction of sp³-hybridized carbons (Fsp3) is 0.647. The van der Waals surface area contributed by atoms with Crippen molar-refractivity contribution in [2.24, 2.45) is 0 Å². The van der Waals surface area contributed by atoms with Crippen LogP contribution in [0.25, 0.3) is 0 Å². The van der Waals surface area contributed by atoms with E-state index >= 15 is 0 Å². The van der Waals surface area contributed by atoms with E-state index in [9.17, 15) is 0 Å². The van der Waals surface area contributed by atoms with Crippen LogP contribution in [-0.2, 0) is 6.42 Å². The minimum atomic E-state index is 0.752. The molecule has 2 heterocycles. The Balaban J connectivity index is 1.66. The molecule has 2 aliphatic rings. The van der Waals surface area contributed by atoms with Crippen LogP contribution in [0.15, 0.2) is 12.1 Å². The highest BCUT2D eigenvalue weighted by atomic mass is 16.5. The minimum absolute atomic E-state index is 0.752. The molecule has 0 bridgehead atoms. The smallest absolute Gasteiger partial charge is 0.143 e. The summed E-state index contributed by atoms with van der Waals surface area (Å²) in [5.74, 6) is 0.797. The summed E-state index contributed by atoms with van der Waals surface area (Å²) in [6.45, 7) is 8.09. The summed E-state index contributed by atoms with van der Waals surface area (Å²) in [5.41, 5.74) is 9.48. The number of hydrogen-bond acceptors (Lipinski definition) is 5. The molecule has 3 rings (SSSR count). The number of benzene rings is 1. The topological polar surface area (TPSA) is 45.0 Å². The molecule has 2 aliphatic heterocycles. The normalized spacial score (nSPS) is 20.0. The van der Waals surface area contributed by atoms with Crippen LogP contribution in [0.4, 0.5) is 11.4 Å². The number of likely N-dealkylation sites (N-methyl/N-ethyl adjacent to an activating group) is 1. The number of piperazine rings is 1. The van der Waals surface area contributed by atoms with Crippen molar-refractivity contribution in [3.8, 4) is 5.75 Å². The van der Waals surface area contributed by atoms with Crippen LogP contribution in [0.2, 0.25) is 0 Å². The summed E-state index contributed by atoms with van der Waals surface area (Å²) < 4.78 is 5.40. The van der Waals surface area contributed by atoms with Gasteiger partial charge in [0.05, 0.1) is 12.8 Å². The lowest BCUT2D eigenvalue weighted by Gasteiger charge is -2.36. The van der Waals surface area contributed by atoms with Crippen LogP contribution >= 0.6 is 0 Å². The monoisotopic (exact) mass is 304 g/mol. The zero-order chi connectivity index (χ0) is 15.5. The second-order valence-corrected chi connectivity index (χ2v) is 6.46. The maximum atomic E-state index is 6.05. The number of fused-ring (bicyclic) bond motifs is 1. The van der Waals surface area contributed by atoms with Gasteiger partial charge in [0, 0.05) is 57.6 Å². The van der Waals surface area contributed by atoms with Crippen molar-refractivity contribution in [2.75, 3.05) is 70.6 Å². The van der Waals surface area contributed by atoms with Gasteiger partial charge in [-0.2, -0.15) is 0 Å². The van der Waals surface area contributed by atoms with Crippen molar-refractivity contribution in [1.82, 2.24) is 9.80 Å². The number of nitrogens with zero attached hydrogens (tertiary/aromatic N) is 3. The molecule has 0 radical (unpaired) electrons. The Bertz CT molecular complexity index is 512. The SMILES string of the molecule is COc1cc2c(cc1N)CCCN2CCN1CCN(C)CC1. The third-order valence-corrected chi connectivity index (χ3v) is 4.93. The van der Waals surface area contributed by atoms with Gasteiger partial charge in [-0.1, -0.05) is 0 Å². The van der Waals surface area contributed by atoms with E-state index in [2.05, 4.69) is 33.9 Å². The molecule has 5 nitrogen and oxygen atoms in total. The highest BCUT2D eigenvalue weighted by molar-refractivity contribution is 5.67. The zero-order valence-electron chi connectivity index (χ0n) is 13.8. The summed E-state index contributed by atoms with van der Waals surface area (Å²) >= 11 is 0. The van der Waals surface area contributed by atoms with Crippen LogP contribution in [0.5, 0.6) is 5.75 Å².